The van der Waals surface area contributed by atoms with Crippen molar-refractivity contribution in [3.8, 4) is 0 Å². The molecule has 0 heterocycles. The fraction of sp³-hybridized carbons (Fsp3) is 0.862. The summed E-state index contributed by atoms with van der Waals surface area (Å²) in [5.74, 6) is -0.0978. The second-order valence-electron chi connectivity index (χ2n) is 19.3. The third-order valence-electron chi connectivity index (χ3n) is 12.9. The molecule has 0 rings (SSSR count). The highest BCUT2D eigenvalue weighted by atomic mass is 16.5. The molecule has 0 spiro atoms. The summed E-state index contributed by atoms with van der Waals surface area (Å²) in [4.78, 5) is 24.5. The lowest BCUT2D eigenvalue weighted by atomic mass is 10.0. The molecule has 0 aliphatic heterocycles. The third-order valence-corrected chi connectivity index (χ3v) is 12.9. The van der Waals surface area contributed by atoms with Crippen LogP contribution in [0.1, 0.15) is 296 Å². The van der Waals surface area contributed by atoms with Crippen molar-refractivity contribution < 1.29 is 24.5 Å². The summed E-state index contributed by atoms with van der Waals surface area (Å²) < 4.78 is 5.47. The molecule has 0 radical (unpaired) electrons. The van der Waals surface area contributed by atoms with Gasteiger partial charge < -0.3 is 20.3 Å². The van der Waals surface area contributed by atoms with Gasteiger partial charge >= 0.3 is 5.97 Å². The standard InChI is InChI=1S/C58H109NO5/c1-3-5-7-9-11-13-15-17-19-20-21-24-28-32-36-40-44-48-52-58(63)64-53-49-45-41-37-33-29-25-22-23-27-31-35-39-43-47-51-57(62)59-55(54-60)56(61)50-46-42-38-34-30-26-18-16-14-12-10-8-6-4-2/h19-20,25,29,46,50,55-56,60-61H,3-18,21-24,26-28,30-45,47-49,51-54H2,1-2H3,(H,59,62)/b20-19-,29-25-,50-46+. The molecule has 0 aromatic carbocycles. The molecule has 2 unspecified atom stereocenters. The number of allylic oxidation sites excluding steroid dienone is 5. The zero-order valence-corrected chi connectivity index (χ0v) is 42.8. The Hall–Kier alpha value is -1.92. The summed E-state index contributed by atoms with van der Waals surface area (Å²) >= 11 is 0. The van der Waals surface area contributed by atoms with Crippen LogP contribution in [0.4, 0.5) is 0 Å². The van der Waals surface area contributed by atoms with Crippen LogP contribution in [0.3, 0.4) is 0 Å². The fourth-order valence-electron chi connectivity index (χ4n) is 8.50. The SMILES string of the molecule is CCCCCCCCC/C=C\CCCCCCCCCC(=O)OCCCCCC/C=C\CCCCCCCCCC(=O)NC(CO)C(O)/C=C/CCCCCCCCCCCCCC. The Labute approximate surface area is 398 Å². The molecule has 6 nitrogen and oxygen atoms in total. The molecule has 0 aliphatic carbocycles. The number of carbonyl (C=O) groups excluding carboxylic acids is 2. The second-order valence-corrected chi connectivity index (χ2v) is 19.3. The van der Waals surface area contributed by atoms with Crippen LogP contribution in [0.15, 0.2) is 36.5 Å². The van der Waals surface area contributed by atoms with Crippen LogP contribution in [0.25, 0.3) is 0 Å². The second kappa shape index (κ2) is 53.7. The van der Waals surface area contributed by atoms with Crippen molar-refractivity contribution in [2.45, 2.75) is 309 Å². The molecular formula is C58H109NO5. The highest BCUT2D eigenvalue weighted by Crippen LogP contribution is 2.15. The molecule has 64 heavy (non-hydrogen) atoms. The van der Waals surface area contributed by atoms with Crippen LogP contribution in [-0.4, -0.2) is 47.4 Å². The van der Waals surface area contributed by atoms with E-state index in [1.165, 1.54) is 199 Å². The van der Waals surface area contributed by atoms with E-state index in [0.29, 0.717) is 19.4 Å². The molecule has 0 aromatic rings. The van der Waals surface area contributed by atoms with E-state index >= 15 is 0 Å². The minimum absolute atomic E-state index is 0.0144. The number of hydrogen-bond acceptors (Lipinski definition) is 5. The number of nitrogens with one attached hydrogen (secondary N) is 1. The lowest BCUT2D eigenvalue weighted by molar-refractivity contribution is -0.143. The van der Waals surface area contributed by atoms with Crippen molar-refractivity contribution >= 4 is 11.9 Å². The first-order chi connectivity index (χ1) is 31.5. The number of unbranched alkanes of at least 4 members (excludes halogenated alkanes) is 37. The van der Waals surface area contributed by atoms with E-state index in [0.717, 1.165) is 70.6 Å². The van der Waals surface area contributed by atoms with Gasteiger partial charge in [0.25, 0.3) is 0 Å². The van der Waals surface area contributed by atoms with Crippen LogP contribution in [0.5, 0.6) is 0 Å². The lowest BCUT2D eigenvalue weighted by Crippen LogP contribution is -2.45. The van der Waals surface area contributed by atoms with Crippen molar-refractivity contribution in [1.29, 1.82) is 0 Å². The number of rotatable bonds is 52. The van der Waals surface area contributed by atoms with Gasteiger partial charge in [0.15, 0.2) is 0 Å². The molecule has 0 fully saturated rings. The maximum atomic E-state index is 12.4. The van der Waals surface area contributed by atoms with E-state index in [2.05, 4.69) is 43.5 Å². The van der Waals surface area contributed by atoms with Gasteiger partial charge in [-0.25, -0.2) is 0 Å². The number of aliphatic hydroxyl groups is 2. The van der Waals surface area contributed by atoms with Crippen molar-refractivity contribution in [2.24, 2.45) is 0 Å². The predicted octanol–water partition coefficient (Wildman–Crippen LogP) is 17.2. The van der Waals surface area contributed by atoms with E-state index in [4.69, 9.17) is 4.74 Å². The summed E-state index contributed by atoms with van der Waals surface area (Å²) in [6, 6.07) is -0.639. The van der Waals surface area contributed by atoms with Crippen LogP contribution in [0, 0.1) is 0 Å². The molecule has 0 aliphatic rings. The largest absolute Gasteiger partial charge is 0.466 e. The van der Waals surface area contributed by atoms with Gasteiger partial charge in [-0.05, 0) is 83.5 Å². The number of aliphatic hydroxyl groups excluding tert-OH is 2. The van der Waals surface area contributed by atoms with Crippen LogP contribution >= 0.6 is 0 Å². The van der Waals surface area contributed by atoms with Crippen molar-refractivity contribution in [1.82, 2.24) is 5.32 Å². The number of ether oxygens (including phenoxy) is 1. The van der Waals surface area contributed by atoms with Gasteiger partial charge in [-0.2, -0.15) is 0 Å². The van der Waals surface area contributed by atoms with Gasteiger partial charge in [-0.3, -0.25) is 9.59 Å². The zero-order valence-electron chi connectivity index (χ0n) is 42.8. The van der Waals surface area contributed by atoms with E-state index < -0.39 is 12.1 Å². The van der Waals surface area contributed by atoms with Crippen LogP contribution in [-0.2, 0) is 14.3 Å². The Morgan fingerprint density at radius 3 is 1.11 bits per heavy atom. The topological polar surface area (TPSA) is 95.9 Å². The Balaban J connectivity index is 3.49. The van der Waals surface area contributed by atoms with Gasteiger partial charge in [0, 0.05) is 12.8 Å². The van der Waals surface area contributed by atoms with Gasteiger partial charge in [-0.1, -0.05) is 237 Å². The van der Waals surface area contributed by atoms with E-state index in [-0.39, 0.29) is 18.5 Å². The quantitative estimate of drug-likeness (QED) is 0.0321. The predicted molar refractivity (Wildman–Crippen MR) is 278 cm³/mol. The molecule has 3 N–H and O–H groups in total. The summed E-state index contributed by atoms with van der Waals surface area (Å²) in [5, 5.41) is 23.1. The highest BCUT2D eigenvalue weighted by molar-refractivity contribution is 5.76. The molecule has 6 heteroatoms. The third kappa shape index (κ3) is 49.5. The van der Waals surface area contributed by atoms with Crippen molar-refractivity contribution in [3.05, 3.63) is 36.5 Å². The first kappa shape index (κ1) is 62.1. The molecule has 0 saturated heterocycles. The molecule has 1 amide bonds. The van der Waals surface area contributed by atoms with Crippen molar-refractivity contribution in [3.63, 3.8) is 0 Å². The van der Waals surface area contributed by atoms with E-state index in [9.17, 15) is 19.8 Å². The molecular weight excluding hydrogens is 791 g/mol. The number of carbonyl (C=O) groups is 2. The van der Waals surface area contributed by atoms with Gasteiger partial charge in [0.2, 0.25) is 5.91 Å². The maximum Gasteiger partial charge on any atom is 0.305 e. The normalized spacial score (nSPS) is 12.9. The summed E-state index contributed by atoms with van der Waals surface area (Å²) in [7, 11) is 0. The molecule has 0 bridgehead atoms. The summed E-state index contributed by atoms with van der Waals surface area (Å²) in [6.07, 6.45) is 65.8. The molecule has 2 atom stereocenters. The number of esters is 1. The minimum Gasteiger partial charge on any atom is -0.466 e. The Morgan fingerprint density at radius 2 is 0.734 bits per heavy atom. The first-order valence-corrected chi connectivity index (χ1v) is 28.3. The van der Waals surface area contributed by atoms with Crippen LogP contribution in [0.2, 0.25) is 0 Å². The monoisotopic (exact) mass is 900 g/mol. The smallest absolute Gasteiger partial charge is 0.305 e. The number of amides is 1. The average Bonchev–Trinajstić information content (AvgIpc) is 3.29. The molecule has 0 aromatic heterocycles. The first-order valence-electron chi connectivity index (χ1n) is 28.3. The van der Waals surface area contributed by atoms with E-state index in [1.807, 2.05) is 6.08 Å². The Kier molecular flexibility index (Phi) is 52.1. The Bertz CT molecular complexity index is 1040. The average molecular weight is 901 g/mol. The molecule has 0 saturated carbocycles. The minimum atomic E-state index is -0.854. The van der Waals surface area contributed by atoms with Gasteiger partial charge in [0.1, 0.15) is 0 Å². The van der Waals surface area contributed by atoms with Crippen LogP contribution < -0.4 is 5.32 Å². The van der Waals surface area contributed by atoms with Crippen molar-refractivity contribution in [2.75, 3.05) is 13.2 Å². The van der Waals surface area contributed by atoms with Gasteiger partial charge in [-0.15, -0.1) is 0 Å². The summed E-state index contributed by atoms with van der Waals surface area (Å²) in [5.41, 5.74) is 0. The van der Waals surface area contributed by atoms with Gasteiger partial charge in [0.05, 0.1) is 25.4 Å². The summed E-state index contributed by atoms with van der Waals surface area (Å²) in [6.45, 7) is 4.86. The maximum absolute atomic E-state index is 12.4. The fourth-order valence-corrected chi connectivity index (χ4v) is 8.50. The van der Waals surface area contributed by atoms with E-state index in [1.54, 1.807) is 6.08 Å². The zero-order chi connectivity index (χ0) is 46.5. The highest BCUT2D eigenvalue weighted by Gasteiger charge is 2.18. The number of hydrogen-bond donors (Lipinski definition) is 3. The lowest BCUT2D eigenvalue weighted by Gasteiger charge is -2.20. The molecule has 376 valence electrons. The Morgan fingerprint density at radius 1 is 0.422 bits per heavy atom.